The van der Waals surface area contributed by atoms with Crippen molar-refractivity contribution in [3.63, 3.8) is 0 Å². The molecule has 2 aromatic carbocycles. The molecule has 5 heteroatoms. The van der Waals surface area contributed by atoms with E-state index in [9.17, 15) is 0 Å². The fourth-order valence-corrected chi connectivity index (χ4v) is 2.90. The second-order valence-electron chi connectivity index (χ2n) is 4.36. The Labute approximate surface area is 132 Å². The number of benzene rings is 2. The van der Waals surface area contributed by atoms with Crippen LogP contribution in [0.25, 0.3) is 22.8 Å². The van der Waals surface area contributed by atoms with Crippen LogP contribution >= 0.6 is 23.4 Å². The van der Waals surface area contributed by atoms with Crippen molar-refractivity contribution >= 4 is 23.4 Å². The SMILES string of the molecule is CCSc1ccccc1-c1nc(-c2ccc(Cl)cc2)no1. The molecular weight excluding hydrogens is 304 g/mol. The fraction of sp³-hybridized carbons (Fsp3) is 0.125. The van der Waals surface area contributed by atoms with E-state index >= 15 is 0 Å². The molecule has 0 aliphatic rings. The maximum absolute atomic E-state index is 5.89. The van der Waals surface area contributed by atoms with Crippen LogP contribution in [-0.2, 0) is 0 Å². The van der Waals surface area contributed by atoms with Gasteiger partial charge in [-0.1, -0.05) is 35.8 Å². The lowest BCUT2D eigenvalue weighted by Gasteiger charge is -2.02. The molecule has 0 radical (unpaired) electrons. The van der Waals surface area contributed by atoms with Gasteiger partial charge in [-0.15, -0.1) is 11.8 Å². The lowest BCUT2D eigenvalue weighted by atomic mass is 10.2. The van der Waals surface area contributed by atoms with Gasteiger partial charge in [0.1, 0.15) is 0 Å². The molecule has 3 nitrogen and oxygen atoms in total. The van der Waals surface area contributed by atoms with Crippen molar-refractivity contribution in [1.29, 1.82) is 0 Å². The second kappa shape index (κ2) is 6.33. The third kappa shape index (κ3) is 3.12. The molecule has 0 saturated heterocycles. The quantitative estimate of drug-likeness (QED) is 0.622. The second-order valence-corrected chi connectivity index (χ2v) is 6.10. The predicted molar refractivity (Wildman–Crippen MR) is 86.6 cm³/mol. The van der Waals surface area contributed by atoms with Crippen molar-refractivity contribution in [3.05, 3.63) is 53.6 Å². The van der Waals surface area contributed by atoms with E-state index in [-0.39, 0.29) is 0 Å². The first-order chi connectivity index (χ1) is 10.3. The van der Waals surface area contributed by atoms with E-state index in [1.54, 1.807) is 11.8 Å². The standard InChI is InChI=1S/C16H13ClN2OS/c1-2-21-14-6-4-3-5-13(14)16-18-15(19-20-16)11-7-9-12(17)10-8-11/h3-10H,2H2,1H3. The average Bonchev–Trinajstić information content (AvgIpc) is 2.99. The highest BCUT2D eigenvalue weighted by Crippen LogP contribution is 2.31. The summed E-state index contributed by atoms with van der Waals surface area (Å²) in [7, 11) is 0. The summed E-state index contributed by atoms with van der Waals surface area (Å²) in [6.07, 6.45) is 0. The first-order valence-electron chi connectivity index (χ1n) is 6.60. The minimum absolute atomic E-state index is 0.538. The number of halogens is 1. The largest absolute Gasteiger partial charge is 0.334 e. The zero-order valence-electron chi connectivity index (χ0n) is 11.4. The summed E-state index contributed by atoms with van der Waals surface area (Å²) in [5.41, 5.74) is 1.85. The Morgan fingerprint density at radius 2 is 1.86 bits per heavy atom. The van der Waals surface area contributed by atoms with Crippen molar-refractivity contribution in [1.82, 2.24) is 10.1 Å². The molecule has 0 saturated carbocycles. The number of thioether (sulfide) groups is 1. The van der Waals surface area contributed by atoms with Crippen LogP contribution in [0.1, 0.15) is 6.92 Å². The molecule has 21 heavy (non-hydrogen) atoms. The molecule has 0 spiro atoms. The Bertz CT molecular complexity index is 740. The van der Waals surface area contributed by atoms with E-state index in [1.807, 2.05) is 42.5 Å². The Morgan fingerprint density at radius 3 is 2.62 bits per heavy atom. The smallest absolute Gasteiger partial charge is 0.259 e. The molecule has 0 fully saturated rings. The van der Waals surface area contributed by atoms with Gasteiger partial charge in [0.25, 0.3) is 5.89 Å². The zero-order chi connectivity index (χ0) is 14.7. The number of aromatic nitrogens is 2. The van der Waals surface area contributed by atoms with Gasteiger partial charge in [0.05, 0.1) is 5.56 Å². The molecule has 0 unspecified atom stereocenters. The van der Waals surface area contributed by atoms with Gasteiger partial charge in [-0.3, -0.25) is 0 Å². The minimum Gasteiger partial charge on any atom is -0.334 e. The molecule has 1 heterocycles. The molecule has 3 rings (SSSR count). The minimum atomic E-state index is 0.538. The summed E-state index contributed by atoms with van der Waals surface area (Å²) < 4.78 is 5.41. The van der Waals surface area contributed by atoms with E-state index < -0.39 is 0 Å². The normalized spacial score (nSPS) is 10.8. The average molecular weight is 317 g/mol. The number of nitrogens with zero attached hydrogens (tertiary/aromatic N) is 2. The molecule has 0 atom stereocenters. The highest BCUT2D eigenvalue weighted by molar-refractivity contribution is 7.99. The Balaban J connectivity index is 1.97. The third-order valence-corrected chi connectivity index (χ3v) is 4.15. The maximum atomic E-state index is 5.89. The van der Waals surface area contributed by atoms with E-state index in [0.717, 1.165) is 21.8 Å². The molecule has 0 bridgehead atoms. The van der Waals surface area contributed by atoms with Gasteiger partial charge in [-0.2, -0.15) is 4.98 Å². The van der Waals surface area contributed by atoms with Crippen LogP contribution in [0.15, 0.2) is 57.9 Å². The summed E-state index contributed by atoms with van der Waals surface area (Å²) in [6.45, 7) is 2.12. The highest BCUT2D eigenvalue weighted by atomic mass is 35.5. The summed E-state index contributed by atoms with van der Waals surface area (Å²) in [5.74, 6) is 2.10. The Morgan fingerprint density at radius 1 is 1.10 bits per heavy atom. The van der Waals surface area contributed by atoms with Crippen LogP contribution in [0.3, 0.4) is 0 Å². The molecule has 1 aromatic heterocycles. The van der Waals surface area contributed by atoms with Crippen molar-refractivity contribution < 1.29 is 4.52 Å². The lowest BCUT2D eigenvalue weighted by molar-refractivity contribution is 0.431. The van der Waals surface area contributed by atoms with Crippen LogP contribution in [-0.4, -0.2) is 15.9 Å². The predicted octanol–water partition coefficient (Wildman–Crippen LogP) is 5.17. The van der Waals surface area contributed by atoms with E-state index in [4.69, 9.17) is 16.1 Å². The van der Waals surface area contributed by atoms with Gasteiger partial charge in [0, 0.05) is 15.5 Å². The fourth-order valence-electron chi connectivity index (χ4n) is 1.97. The van der Waals surface area contributed by atoms with Crippen LogP contribution < -0.4 is 0 Å². The van der Waals surface area contributed by atoms with Gasteiger partial charge in [-0.25, -0.2) is 0 Å². The van der Waals surface area contributed by atoms with Crippen LogP contribution in [0.4, 0.5) is 0 Å². The molecular formula is C16H13ClN2OS. The highest BCUT2D eigenvalue weighted by Gasteiger charge is 2.13. The Kier molecular flexibility index (Phi) is 4.27. The molecule has 106 valence electrons. The first-order valence-corrected chi connectivity index (χ1v) is 7.96. The van der Waals surface area contributed by atoms with Gasteiger partial charge in [-0.05, 0) is 42.2 Å². The van der Waals surface area contributed by atoms with Gasteiger partial charge in [0.2, 0.25) is 5.82 Å². The monoisotopic (exact) mass is 316 g/mol. The topological polar surface area (TPSA) is 38.9 Å². The van der Waals surface area contributed by atoms with Gasteiger partial charge >= 0.3 is 0 Å². The van der Waals surface area contributed by atoms with Gasteiger partial charge in [0.15, 0.2) is 0 Å². The van der Waals surface area contributed by atoms with E-state index in [0.29, 0.717) is 16.7 Å². The molecule has 0 amide bonds. The first kappa shape index (κ1) is 14.2. The van der Waals surface area contributed by atoms with Crippen LogP contribution in [0.2, 0.25) is 5.02 Å². The van der Waals surface area contributed by atoms with E-state index in [2.05, 4.69) is 23.1 Å². The Hall–Kier alpha value is -1.78. The van der Waals surface area contributed by atoms with Crippen molar-refractivity contribution in [2.24, 2.45) is 0 Å². The number of rotatable bonds is 4. The maximum Gasteiger partial charge on any atom is 0.259 e. The number of hydrogen-bond donors (Lipinski definition) is 0. The molecule has 0 aliphatic heterocycles. The summed E-state index contributed by atoms with van der Waals surface area (Å²) in [4.78, 5) is 5.63. The summed E-state index contributed by atoms with van der Waals surface area (Å²) in [5, 5.41) is 4.74. The summed E-state index contributed by atoms with van der Waals surface area (Å²) >= 11 is 7.65. The third-order valence-electron chi connectivity index (χ3n) is 2.95. The zero-order valence-corrected chi connectivity index (χ0v) is 13.0. The van der Waals surface area contributed by atoms with Crippen molar-refractivity contribution in [2.75, 3.05) is 5.75 Å². The lowest BCUT2D eigenvalue weighted by Crippen LogP contribution is -1.84. The van der Waals surface area contributed by atoms with Gasteiger partial charge < -0.3 is 4.52 Å². The van der Waals surface area contributed by atoms with Crippen LogP contribution in [0.5, 0.6) is 0 Å². The number of hydrogen-bond acceptors (Lipinski definition) is 4. The molecule has 0 aliphatic carbocycles. The summed E-state index contributed by atoms with van der Waals surface area (Å²) in [6, 6.07) is 15.4. The van der Waals surface area contributed by atoms with E-state index in [1.165, 1.54) is 0 Å². The van der Waals surface area contributed by atoms with Crippen LogP contribution in [0, 0.1) is 0 Å². The molecule has 3 aromatic rings. The van der Waals surface area contributed by atoms with Crippen molar-refractivity contribution in [2.45, 2.75) is 11.8 Å². The van der Waals surface area contributed by atoms with Crippen molar-refractivity contribution in [3.8, 4) is 22.8 Å². The molecule has 0 N–H and O–H groups in total.